The third kappa shape index (κ3) is 5.44. The van der Waals surface area contributed by atoms with Gasteiger partial charge < -0.3 is 20.1 Å². The van der Waals surface area contributed by atoms with Crippen LogP contribution in [0.2, 0.25) is 0 Å². The van der Waals surface area contributed by atoms with Crippen LogP contribution in [0.5, 0.6) is 11.5 Å². The van der Waals surface area contributed by atoms with Crippen molar-refractivity contribution in [3.63, 3.8) is 0 Å². The first-order valence-electron chi connectivity index (χ1n) is 12.1. The van der Waals surface area contributed by atoms with Gasteiger partial charge in [0.05, 0.1) is 35.2 Å². The number of aromatic hydroxyl groups is 1. The molecule has 1 aliphatic heterocycles. The second-order valence-electron chi connectivity index (χ2n) is 9.76. The van der Waals surface area contributed by atoms with E-state index in [-0.39, 0.29) is 30.1 Å². The fraction of sp³-hybridized carbons (Fsp3) is 0.556. The van der Waals surface area contributed by atoms with Gasteiger partial charge in [0.25, 0.3) is 0 Å². The lowest BCUT2D eigenvalue weighted by Gasteiger charge is -2.38. The lowest BCUT2D eigenvalue weighted by atomic mass is 9.66. The molecule has 0 bridgehead atoms. The molecule has 2 aliphatic rings. The summed E-state index contributed by atoms with van der Waals surface area (Å²) in [6.45, 7) is 5.83. The lowest BCUT2D eigenvalue weighted by molar-refractivity contribution is -0.138. The van der Waals surface area contributed by atoms with Crippen molar-refractivity contribution in [3.8, 4) is 11.5 Å². The Morgan fingerprint density at radius 3 is 2.54 bits per heavy atom. The van der Waals surface area contributed by atoms with Crippen LogP contribution >= 0.6 is 22.6 Å². The molecule has 192 valence electrons. The average Bonchev–Trinajstić information content (AvgIpc) is 3.05. The average molecular weight is 597 g/mol. The summed E-state index contributed by atoms with van der Waals surface area (Å²) in [5.74, 6) is -1.47. The van der Waals surface area contributed by atoms with Gasteiger partial charge in [0.1, 0.15) is 0 Å². The number of phenols is 1. The van der Waals surface area contributed by atoms with E-state index in [1.54, 1.807) is 6.07 Å². The Morgan fingerprint density at radius 1 is 1.29 bits per heavy atom. The van der Waals surface area contributed by atoms with E-state index in [1.807, 2.05) is 26.0 Å². The number of benzene rings is 1. The number of hydrogen-bond donors (Lipinski definition) is 3. The van der Waals surface area contributed by atoms with Crippen molar-refractivity contribution in [2.24, 2.45) is 23.7 Å². The fourth-order valence-electron chi connectivity index (χ4n) is 5.50. The van der Waals surface area contributed by atoms with E-state index in [2.05, 4.69) is 29.5 Å². The number of rotatable bonds is 9. The van der Waals surface area contributed by atoms with Gasteiger partial charge in [0.15, 0.2) is 11.5 Å². The molecule has 1 heterocycles. The van der Waals surface area contributed by atoms with Crippen LogP contribution in [0.1, 0.15) is 52.0 Å². The second-order valence-corrected chi connectivity index (χ2v) is 10.9. The maximum atomic E-state index is 12.8. The predicted molar refractivity (Wildman–Crippen MR) is 143 cm³/mol. The molecule has 8 heteroatoms. The number of fused-ring (bicyclic) bond motifs is 1. The number of hydrogen-bond acceptors (Lipinski definition) is 6. The Labute approximate surface area is 221 Å². The van der Waals surface area contributed by atoms with Crippen LogP contribution in [0.3, 0.4) is 0 Å². The molecule has 0 radical (unpaired) electrons. The van der Waals surface area contributed by atoms with Crippen LogP contribution < -0.4 is 4.74 Å². The van der Waals surface area contributed by atoms with Crippen LogP contribution in [-0.4, -0.2) is 58.9 Å². The van der Waals surface area contributed by atoms with E-state index in [1.165, 1.54) is 19.1 Å². The Kier molecular flexibility index (Phi) is 9.04. The third-order valence-electron chi connectivity index (χ3n) is 7.43. The molecule has 0 aromatic heterocycles. The number of carbonyl (C=O) groups excluding carboxylic acids is 2. The topological polar surface area (TPSA) is 107 Å². The van der Waals surface area contributed by atoms with Crippen LogP contribution in [0.15, 0.2) is 28.9 Å². The minimum Gasteiger partial charge on any atom is -0.504 e. The van der Waals surface area contributed by atoms with E-state index in [4.69, 9.17) is 4.74 Å². The number of imide groups is 1. The molecule has 1 fully saturated rings. The van der Waals surface area contributed by atoms with Crippen LogP contribution in [0.4, 0.5) is 0 Å². The van der Waals surface area contributed by atoms with Gasteiger partial charge >= 0.3 is 0 Å². The second kappa shape index (κ2) is 11.4. The van der Waals surface area contributed by atoms with E-state index < -0.39 is 23.9 Å². The van der Waals surface area contributed by atoms with Gasteiger partial charge in [0, 0.05) is 13.0 Å². The molecule has 0 saturated carbocycles. The Morgan fingerprint density at radius 2 is 1.97 bits per heavy atom. The highest BCUT2D eigenvalue weighted by molar-refractivity contribution is 14.1. The van der Waals surface area contributed by atoms with E-state index >= 15 is 0 Å². The van der Waals surface area contributed by atoms with Crippen molar-refractivity contribution in [2.75, 3.05) is 20.8 Å². The molecule has 1 saturated heterocycles. The molecule has 35 heavy (non-hydrogen) atoms. The van der Waals surface area contributed by atoms with Crippen LogP contribution in [-0.2, 0) is 9.59 Å². The molecule has 3 rings (SSSR count). The SMILES string of the molecule is CC/C(=C\c1cc(I)c(O)c(OC)c1)CC[C@@H](O)C1=C(C(C)C)C[C@H]2C(=O)N(C)C(=O)[C@H]2[C@H]1CO. The molecule has 0 unspecified atom stereocenters. The highest BCUT2D eigenvalue weighted by atomic mass is 127. The van der Waals surface area contributed by atoms with Gasteiger partial charge in [-0.25, -0.2) is 0 Å². The number of phenolic OH excluding ortho intramolecular Hbond substituents is 1. The quantitative estimate of drug-likeness (QED) is 0.225. The largest absolute Gasteiger partial charge is 0.504 e. The highest BCUT2D eigenvalue weighted by Gasteiger charge is 2.53. The molecule has 3 N–H and O–H groups in total. The normalized spacial score (nSPS) is 23.9. The Hall–Kier alpha value is -1.91. The molecular formula is C27H36INO6. The monoisotopic (exact) mass is 597 g/mol. The van der Waals surface area contributed by atoms with Crippen molar-refractivity contribution in [3.05, 3.63) is 38.0 Å². The number of likely N-dealkylation sites (tertiary alicyclic amines) is 1. The first-order chi connectivity index (χ1) is 16.5. The summed E-state index contributed by atoms with van der Waals surface area (Å²) in [5.41, 5.74) is 3.75. The molecule has 1 aliphatic carbocycles. The number of aliphatic hydroxyl groups is 2. The van der Waals surface area contributed by atoms with Crippen molar-refractivity contribution in [2.45, 2.75) is 52.6 Å². The molecule has 4 atom stereocenters. The number of ether oxygens (including phenoxy) is 1. The number of methoxy groups -OCH3 is 1. The van der Waals surface area contributed by atoms with Gasteiger partial charge in [-0.3, -0.25) is 14.5 Å². The van der Waals surface area contributed by atoms with Gasteiger partial charge in [-0.15, -0.1) is 0 Å². The lowest BCUT2D eigenvalue weighted by Crippen LogP contribution is -2.39. The van der Waals surface area contributed by atoms with Crippen molar-refractivity contribution in [1.82, 2.24) is 4.90 Å². The van der Waals surface area contributed by atoms with Gasteiger partial charge in [-0.2, -0.15) is 0 Å². The Bertz CT molecular complexity index is 1050. The summed E-state index contributed by atoms with van der Waals surface area (Å²) >= 11 is 2.07. The number of halogens is 1. The molecule has 7 nitrogen and oxygen atoms in total. The van der Waals surface area contributed by atoms with Gasteiger partial charge in [0.2, 0.25) is 11.8 Å². The van der Waals surface area contributed by atoms with Crippen molar-refractivity contribution in [1.29, 1.82) is 0 Å². The van der Waals surface area contributed by atoms with Crippen molar-refractivity contribution >= 4 is 40.5 Å². The van der Waals surface area contributed by atoms with Crippen LogP contribution in [0.25, 0.3) is 6.08 Å². The summed E-state index contributed by atoms with van der Waals surface area (Å²) < 4.78 is 5.96. The minimum atomic E-state index is -0.816. The smallest absolute Gasteiger partial charge is 0.233 e. The van der Waals surface area contributed by atoms with Crippen LogP contribution in [0, 0.1) is 27.2 Å². The van der Waals surface area contributed by atoms with E-state index in [0.29, 0.717) is 28.6 Å². The summed E-state index contributed by atoms with van der Waals surface area (Å²) in [7, 11) is 3.02. The molecule has 1 aromatic carbocycles. The summed E-state index contributed by atoms with van der Waals surface area (Å²) in [5, 5.41) is 31.7. The predicted octanol–water partition coefficient (Wildman–Crippen LogP) is 4.14. The third-order valence-corrected chi connectivity index (χ3v) is 8.25. The zero-order valence-corrected chi connectivity index (χ0v) is 23.2. The van der Waals surface area contributed by atoms with E-state index in [0.717, 1.165) is 28.7 Å². The molecule has 0 spiro atoms. The fourth-order valence-corrected chi connectivity index (χ4v) is 6.12. The van der Waals surface area contributed by atoms with Gasteiger partial charge in [-0.1, -0.05) is 38.0 Å². The van der Waals surface area contributed by atoms with Gasteiger partial charge in [-0.05, 0) is 77.5 Å². The summed E-state index contributed by atoms with van der Waals surface area (Å²) in [4.78, 5) is 26.7. The molecule has 2 amide bonds. The summed E-state index contributed by atoms with van der Waals surface area (Å²) in [6, 6.07) is 3.66. The number of allylic oxidation sites excluding steroid dienone is 2. The standard InChI is InChI=1S/C27H36INO6/c1-6-15(9-16-10-20(28)25(32)22(11-16)35-5)7-8-21(31)23-17(14(2)3)12-18-24(19(23)13-30)27(34)29(4)26(18)33/h9-11,14,18-19,21,24,30-32H,6-8,12-13H2,1-5H3/b15-9+/t18-,19+,21-,24-/m1/s1. The number of amides is 2. The number of aliphatic hydroxyl groups excluding tert-OH is 2. The number of nitrogens with zero attached hydrogens (tertiary/aromatic N) is 1. The summed E-state index contributed by atoms with van der Waals surface area (Å²) in [6.07, 6.45) is 3.54. The first kappa shape index (κ1) is 27.7. The molecule has 1 aromatic rings. The van der Waals surface area contributed by atoms with E-state index in [9.17, 15) is 24.9 Å². The molecular weight excluding hydrogens is 561 g/mol. The highest BCUT2D eigenvalue weighted by Crippen LogP contribution is 2.47. The Balaban J connectivity index is 1.87. The zero-order chi connectivity index (χ0) is 26.0. The maximum Gasteiger partial charge on any atom is 0.233 e. The maximum absolute atomic E-state index is 12.8. The minimum absolute atomic E-state index is 0.0937. The first-order valence-corrected chi connectivity index (χ1v) is 13.2. The number of carbonyl (C=O) groups is 2. The zero-order valence-electron chi connectivity index (χ0n) is 21.0. The van der Waals surface area contributed by atoms with Crippen molar-refractivity contribution < 1.29 is 29.6 Å².